The van der Waals surface area contributed by atoms with Gasteiger partial charge in [-0.25, -0.2) is 0 Å². The van der Waals surface area contributed by atoms with Gasteiger partial charge >= 0.3 is 0 Å². The predicted octanol–water partition coefficient (Wildman–Crippen LogP) is 4.10. The van der Waals surface area contributed by atoms with E-state index in [1.165, 1.54) is 24.3 Å². The van der Waals surface area contributed by atoms with Crippen LogP contribution < -0.4 is 16.2 Å². The van der Waals surface area contributed by atoms with Crippen molar-refractivity contribution in [2.75, 3.05) is 0 Å². The molecule has 3 rings (SSSR count). The van der Waals surface area contributed by atoms with Crippen molar-refractivity contribution >= 4 is 39.7 Å². The largest absolute Gasteiger partial charge is 0.508 e. The molecular weight excluding hydrogens is 416 g/mol. The highest BCUT2D eigenvalue weighted by atomic mass is 32.1. The summed E-state index contributed by atoms with van der Waals surface area (Å²) in [5.74, 6) is -0.318. The van der Waals surface area contributed by atoms with E-state index in [-0.39, 0.29) is 28.2 Å². The maximum Gasteiger partial charge on any atom is 0.269 e. The summed E-state index contributed by atoms with van der Waals surface area (Å²) in [4.78, 5) is 22.5. The summed E-state index contributed by atoms with van der Waals surface area (Å²) in [5.41, 5.74) is 6.01. The number of nitrogens with zero attached hydrogens (tertiary/aromatic N) is 1. The van der Waals surface area contributed by atoms with E-state index in [1.54, 1.807) is 6.07 Å². The van der Waals surface area contributed by atoms with E-state index in [1.807, 2.05) is 37.3 Å². The van der Waals surface area contributed by atoms with E-state index < -0.39 is 10.8 Å². The minimum atomic E-state index is -0.532. The number of phenols is 1. The smallest absolute Gasteiger partial charge is 0.269 e. The summed E-state index contributed by atoms with van der Waals surface area (Å²) in [6.07, 6.45) is 1.55. The van der Waals surface area contributed by atoms with Gasteiger partial charge in [-0.1, -0.05) is 43.7 Å². The second kappa shape index (κ2) is 9.86. The molecule has 3 aromatic rings. The molecule has 8 nitrogen and oxygen atoms in total. The summed E-state index contributed by atoms with van der Waals surface area (Å²) in [6.45, 7) is 2.03. The van der Waals surface area contributed by atoms with Gasteiger partial charge in [0.25, 0.3) is 11.6 Å². The van der Waals surface area contributed by atoms with Gasteiger partial charge in [-0.3, -0.25) is 25.8 Å². The Morgan fingerprint density at radius 1 is 1.10 bits per heavy atom. The van der Waals surface area contributed by atoms with Crippen LogP contribution in [0.5, 0.6) is 5.75 Å². The summed E-state index contributed by atoms with van der Waals surface area (Å²) >= 11 is 5.33. The number of phenolic OH excluding ortho intramolecular Hbond substituents is 1. The molecule has 0 heterocycles. The van der Waals surface area contributed by atoms with Crippen LogP contribution in [-0.2, 0) is 0 Å². The Kier molecular flexibility index (Phi) is 6.99. The van der Waals surface area contributed by atoms with Gasteiger partial charge in [-0.15, -0.1) is 0 Å². The number of nitro benzene ring substituents is 1. The number of hydrogen-bond donors (Lipinski definition) is 4. The number of carbonyl (C=O) groups is 1. The molecule has 0 spiro atoms. The first-order valence-corrected chi connectivity index (χ1v) is 10.1. The predicted molar refractivity (Wildman–Crippen MR) is 123 cm³/mol. The third kappa shape index (κ3) is 5.26. The van der Waals surface area contributed by atoms with Gasteiger partial charge in [0, 0.05) is 23.3 Å². The van der Waals surface area contributed by atoms with Gasteiger partial charge in [0.1, 0.15) is 5.75 Å². The van der Waals surface area contributed by atoms with Crippen LogP contribution in [0.4, 0.5) is 5.69 Å². The van der Waals surface area contributed by atoms with Crippen LogP contribution in [0.1, 0.15) is 41.7 Å². The summed E-state index contributed by atoms with van der Waals surface area (Å²) in [6, 6.07) is 16.3. The molecule has 0 fully saturated rings. The Balaban J connectivity index is 1.70. The van der Waals surface area contributed by atoms with Crippen molar-refractivity contribution in [1.29, 1.82) is 0 Å². The molecule has 0 aliphatic heterocycles. The van der Waals surface area contributed by atoms with Gasteiger partial charge in [0.15, 0.2) is 5.11 Å². The number of hydrogen-bond acceptors (Lipinski definition) is 5. The highest BCUT2D eigenvalue weighted by Crippen LogP contribution is 2.34. The SMILES string of the molecule is CCCC(NC(=S)NNC(=O)c1ccc([N+](=O)[O-])cc1)c1c(O)ccc2ccccc12. The fourth-order valence-corrected chi connectivity index (χ4v) is 3.54. The molecule has 160 valence electrons. The highest BCUT2D eigenvalue weighted by Gasteiger charge is 2.19. The van der Waals surface area contributed by atoms with E-state index >= 15 is 0 Å². The summed E-state index contributed by atoms with van der Waals surface area (Å²) < 4.78 is 0. The minimum absolute atomic E-state index is 0.0981. The van der Waals surface area contributed by atoms with Crippen molar-refractivity contribution in [1.82, 2.24) is 16.2 Å². The van der Waals surface area contributed by atoms with Crippen molar-refractivity contribution in [2.24, 2.45) is 0 Å². The van der Waals surface area contributed by atoms with Crippen LogP contribution in [-0.4, -0.2) is 21.0 Å². The molecule has 1 amide bonds. The van der Waals surface area contributed by atoms with E-state index in [2.05, 4.69) is 16.2 Å². The Morgan fingerprint density at radius 3 is 2.48 bits per heavy atom. The molecular formula is C22H22N4O4S. The summed E-state index contributed by atoms with van der Waals surface area (Å²) in [5, 5.41) is 26.5. The Bertz CT molecular complexity index is 1120. The number of fused-ring (bicyclic) bond motifs is 1. The van der Waals surface area contributed by atoms with Gasteiger partial charge in [0.2, 0.25) is 0 Å². The number of nitrogens with one attached hydrogen (secondary N) is 3. The number of non-ortho nitro benzene ring substituents is 1. The second-order valence-corrected chi connectivity index (χ2v) is 7.33. The van der Waals surface area contributed by atoms with Crippen LogP contribution in [0.2, 0.25) is 0 Å². The molecule has 0 bridgehead atoms. The standard InChI is InChI=1S/C22H22N4O4S/c1-2-5-18(20-17-7-4-3-6-14(17)10-13-19(20)27)23-22(31)25-24-21(28)15-8-11-16(12-9-15)26(29)30/h3-4,6-13,18,27H,2,5H2,1H3,(H,24,28)(H2,23,25,31). The third-order valence-electron chi connectivity index (χ3n) is 4.81. The zero-order valence-corrected chi connectivity index (χ0v) is 17.6. The molecule has 0 saturated heterocycles. The quantitative estimate of drug-likeness (QED) is 0.260. The zero-order chi connectivity index (χ0) is 22.4. The first-order valence-electron chi connectivity index (χ1n) is 9.72. The first kappa shape index (κ1) is 22.0. The van der Waals surface area contributed by atoms with Crippen molar-refractivity contribution in [2.45, 2.75) is 25.8 Å². The fourth-order valence-electron chi connectivity index (χ4n) is 3.34. The fraction of sp³-hybridized carbons (Fsp3) is 0.182. The van der Waals surface area contributed by atoms with Crippen LogP contribution in [0.15, 0.2) is 60.7 Å². The minimum Gasteiger partial charge on any atom is -0.508 e. The van der Waals surface area contributed by atoms with Crippen molar-refractivity contribution in [3.63, 3.8) is 0 Å². The normalized spacial score (nSPS) is 11.5. The van der Waals surface area contributed by atoms with Crippen LogP contribution >= 0.6 is 12.2 Å². The Hall–Kier alpha value is -3.72. The zero-order valence-electron chi connectivity index (χ0n) is 16.8. The van der Waals surface area contributed by atoms with Gasteiger partial charge in [-0.05, 0) is 47.6 Å². The molecule has 1 atom stereocenters. The van der Waals surface area contributed by atoms with Crippen molar-refractivity contribution < 1.29 is 14.8 Å². The molecule has 0 aliphatic rings. The van der Waals surface area contributed by atoms with E-state index in [4.69, 9.17) is 12.2 Å². The monoisotopic (exact) mass is 438 g/mol. The Labute approximate surface area is 184 Å². The van der Waals surface area contributed by atoms with Gasteiger partial charge < -0.3 is 10.4 Å². The second-order valence-electron chi connectivity index (χ2n) is 6.92. The lowest BCUT2D eigenvalue weighted by Crippen LogP contribution is -2.47. The van der Waals surface area contributed by atoms with E-state index in [0.717, 1.165) is 22.8 Å². The number of rotatable bonds is 6. The lowest BCUT2D eigenvalue weighted by molar-refractivity contribution is -0.384. The number of amides is 1. The summed E-state index contributed by atoms with van der Waals surface area (Å²) in [7, 11) is 0. The van der Waals surface area contributed by atoms with Crippen LogP contribution in [0.3, 0.4) is 0 Å². The number of aromatic hydroxyl groups is 1. The number of hydrazine groups is 1. The topological polar surface area (TPSA) is 117 Å². The number of nitro groups is 1. The molecule has 0 aromatic heterocycles. The molecule has 9 heteroatoms. The lowest BCUT2D eigenvalue weighted by Gasteiger charge is -2.23. The molecule has 4 N–H and O–H groups in total. The number of benzene rings is 3. The highest BCUT2D eigenvalue weighted by molar-refractivity contribution is 7.80. The van der Waals surface area contributed by atoms with Crippen LogP contribution in [0.25, 0.3) is 10.8 Å². The molecule has 0 saturated carbocycles. The molecule has 0 aliphatic carbocycles. The van der Waals surface area contributed by atoms with E-state index in [9.17, 15) is 20.0 Å². The van der Waals surface area contributed by atoms with Crippen molar-refractivity contribution in [3.8, 4) is 5.75 Å². The average molecular weight is 439 g/mol. The third-order valence-corrected chi connectivity index (χ3v) is 5.03. The van der Waals surface area contributed by atoms with Crippen molar-refractivity contribution in [3.05, 3.63) is 81.9 Å². The average Bonchev–Trinajstić information content (AvgIpc) is 2.77. The maximum absolute atomic E-state index is 12.3. The molecule has 0 radical (unpaired) electrons. The molecule has 31 heavy (non-hydrogen) atoms. The first-order chi connectivity index (χ1) is 14.9. The van der Waals surface area contributed by atoms with Crippen LogP contribution in [0, 0.1) is 10.1 Å². The lowest BCUT2D eigenvalue weighted by atomic mass is 9.95. The Morgan fingerprint density at radius 2 is 1.81 bits per heavy atom. The number of thiocarbonyl (C=S) groups is 1. The van der Waals surface area contributed by atoms with Gasteiger partial charge in [0.05, 0.1) is 11.0 Å². The molecule has 1 unspecified atom stereocenters. The molecule has 3 aromatic carbocycles. The number of carbonyl (C=O) groups excluding carboxylic acids is 1. The van der Waals surface area contributed by atoms with E-state index in [0.29, 0.717) is 6.42 Å². The maximum atomic E-state index is 12.3. The van der Waals surface area contributed by atoms with Gasteiger partial charge in [-0.2, -0.15) is 0 Å².